The highest BCUT2D eigenvalue weighted by molar-refractivity contribution is 5.79. The molecule has 1 aromatic rings. The van der Waals surface area contributed by atoms with E-state index in [-0.39, 0.29) is 0 Å². The minimum absolute atomic E-state index is 0.500. The second-order valence-electron chi connectivity index (χ2n) is 5.92. The smallest absolute Gasteiger partial charge is 0.191 e. The van der Waals surface area contributed by atoms with Gasteiger partial charge in [-0.2, -0.15) is 0 Å². The normalized spacial score (nSPS) is 21.4. The fourth-order valence-electron chi connectivity index (χ4n) is 2.71. The lowest BCUT2D eigenvalue weighted by molar-refractivity contribution is 0.267. The number of ether oxygens (including phenoxy) is 1. The number of nitrogens with one attached hydrogen (secondary N) is 2. The van der Waals surface area contributed by atoms with Crippen molar-refractivity contribution in [2.75, 3.05) is 26.2 Å². The number of aliphatic imine (C=N–C) groups is 1. The molecule has 3 rings (SSSR count). The number of nitrogens with zero attached hydrogens (tertiary/aromatic N) is 1. The topological polar surface area (TPSA) is 45.7 Å². The molecule has 0 amide bonds. The van der Waals surface area contributed by atoms with Gasteiger partial charge in [-0.3, -0.25) is 4.99 Å². The van der Waals surface area contributed by atoms with E-state index in [4.69, 9.17) is 4.74 Å². The number of rotatable bonds is 5. The summed E-state index contributed by atoms with van der Waals surface area (Å²) in [6.45, 7) is 5.69. The van der Waals surface area contributed by atoms with E-state index >= 15 is 0 Å². The second kappa shape index (κ2) is 6.83. The molecule has 4 heteroatoms. The van der Waals surface area contributed by atoms with Crippen LogP contribution in [0.3, 0.4) is 0 Å². The van der Waals surface area contributed by atoms with Gasteiger partial charge in [-0.1, -0.05) is 18.2 Å². The van der Waals surface area contributed by atoms with Gasteiger partial charge in [0.2, 0.25) is 0 Å². The van der Waals surface area contributed by atoms with Gasteiger partial charge in [-0.15, -0.1) is 0 Å². The molecule has 0 saturated heterocycles. The lowest BCUT2D eigenvalue weighted by atomic mass is 9.93. The van der Waals surface area contributed by atoms with Crippen LogP contribution in [-0.4, -0.2) is 32.2 Å². The molecule has 0 bridgehead atoms. The zero-order valence-electron chi connectivity index (χ0n) is 12.8. The second-order valence-corrected chi connectivity index (χ2v) is 5.92. The van der Waals surface area contributed by atoms with Gasteiger partial charge >= 0.3 is 0 Å². The zero-order chi connectivity index (χ0) is 14.5. The minimum Gasteiger partial charge on any atom is -0.493 e. The Morgan fingerprint density at radius 2 is 2.10 bits per heavy atom. The zero-order valence-corrected chi connectivity index (χ0v) is 12.8. The Hall–Kier alpha value is -1.71. The number of hydrogen-bond donors (Lipinski definition) is 2. The van der Waals surface area contributed by atoms with Crippen LogP contribution >= 0.6 is 0 Å². The molecule has 0 aromatic heterocycles. The van der Waals surface area contributed by atoms with Crippen molar-refractivity contribution >= 4 is 5.96 Å². The van der Waals surface area contributed by atoms with Crippen LogP contribution in [0.5, 0.6) is 5.75 Å². The molecule has 1 aromatic carbocycles. The molecular weight excluding hydrogens is 262 g/mol. The van der Waals surface area contributed by atoms with Crippen molar-refractivity contribution in [3.05, 3.63) is 29.8 Å². The average Bonchev–Trinajstić information content (AvgIpc) is 3.34. The highest BCUT2D eigenvalue weighted by atomic mass is 16.5. The molecule has 1 heterocycles. The van der Waals surface area contributed by atoms with E-state index in [1.54, 1.807) is 0 Å². The van der Waals surface area contributed by atoms with Crippen LogP contribution < -0.4 is 15.4 Å². The van der Waals surface area contributed by atoms with Gasteiger partial charge in [0.25, 0.3) is 0 Å². The van der Waals surface area contributed by atoms with Crippen molar-refractivity contribution < 1.29 is 4.74 Å². The van der Waals surface area contributed by atoms with Gasteiger partial charge in [0, 0.05) is 25.6 Å². The van der Waals surface area contributed by atoms with Gasteiger partial charge in [0.05, 0.1) is 6.61 Å². The summed E-state index contributed by atoms with van der Waals surface area (Å²) in [5, 5.41) is 6.83. The molecule has 1 unspecified atom stereocenters. The summed E-state index contributed by atoms with van der Waals surface area (Å²) in [7, 11) is 0. The molecule has 1 aliphatic carbocycles. The molecule has 21 heavy (non-hydrogen) atoms. The molecule has 114 valence electrons. The van der Waals surface area contributed by atoms with E-state index in [1.165, 1.54) is 18.4 Å². The molecule has 2 N–H and O–H groups in total. The van der Waals surface area contributed by atoms with Gasteiger partial charge in [-0.25, -0.2) is 0 Å². The van der Waals surface area contributed by atoms with Gasteiger partial charge < -0.3 is 15.4 Å². The van der Waals surface area contributed by atoms with Crippen LogP contribution in [0.15, 0.2) is 29.3 Å². The standard InChI is InChI=1S/C17H25N3O/c1-2-18-17(19-11-13-7-8-13)20-12-14-9-10-21-16-6-4-3-5-15(14)16/h3-6,13-14H,2,7-12H2,1H3,(H2,18,19,20). The maximum atomic E-state index is 5.72. The van der Waals surface area contributed by atoms with Crippen LogP contribution in [0.4, 0.5) is 0 Å². The lowest BCUT2D eigenvalue weighted by Crippen LogP contribution is -2.40. The van der Waals surface area contributed by atoms with Gasteiger partial charge in [0.1, 0.15) is 5.75 Å². The predicted molar refractivity (Wildman–Crippen MR) is 86.0 cm³/mol. The quantitative estimate of drug-likeness (QED) is 0.646. The summed E-state index contributed by atoms with van der Waals surface area (Å²) >= 11 is 0. The fourth-order valence-corrected chi connectivity index (χ4v) is 2.71. The Morgan fingerprint density at radius 1 is 1.24 bits per heavy atom. The molecule has 1 saturated carbocycles. The van der Waals surface area contributed by atoms with Gasteiger partial charge in [-0.05, 0) is 43.7 Å². The van der Waals surface area contributed by atoms with Crippen molar-refractivity contribution in [3.63, 3.8) is 0 Å². The van der Waals surface area contributed by atoms with Crippen molar-refractivity contribution in [1.82, 2.24) is 10.6 Å². The molecular formula is C17H25N3O. The van der Waals surface area contributed by atoms with Crippen molar-refractivity contribution in [2.24, 2.45) is 10.9 Å². The molecule has 2 aliphatic rings. The Morgan fingerprint density at radius 3 is 2.90 bits per heavy atom. The van der Waals surface area contributed by atoms with Crippen LogP contribution in [0, 0.1) is 5.92 Å². The summed E-state index contributed by atoms with van der Waals surface area (Å²) in [5.41, 5.74) is 1.31. The molecule has 1 fully saturated rings. The first-order valence-electron chi connectivity index (χ1n) is 8.10. The van der Waals surface area contributed by atoms with Gasteiger partial charge in [0.15, 0.2) is 5.96 Å². The van der Waals surface area contributed by atoms with E-state index in [1.807, 2.05) is 6.07 Å². The van der Waals surface area contributed by atoms with E-state index in [9.17, 15) is 0 Å². The monoisotopic (exact) mass is 287 g/mol. The third-order valence-corrected chi connectivity index (χ3v) is 4.15. The summed E-state index contributed by atoms with van der Waals surface area (Å²) in [6, 6.07) is 8.37. The van der Waals surface area contributed by atoms with Crippen molar-refractivity contribution in [2.45, 2.75) is 32.1 Å². The van der Waals surface area contributed by atoms with Crippen molar-refractivity contribution in [3.8, 4) is 5.75 Å². The Kier molecular flexibility index (Phi) is 4.63. The maximum Gasteiger partial charge on any atom is 0.191 e. The number of guanidine groups is 1. The third kappa shape index (κ3) is 3.90. The fraction of sp³-hybridized carbons (Fsp3) is 0.588. The molecule has 4 nitrogen and oxygen atoms in total. The van der Waals surface area contributed by atoms with E-state index in [2.05, 4.69) is 40.7 Å². The van der Waals surface area contributed by atoms with Crippen LogP contribution in [-0.2, 0) is 0 Å². The SMILES string of the molecule is CCNC(=NCC1CC1)NCC1CCOc2ccccc21. The van der Waals surface area contributed by atoms with E-state index in [0.717, 1.165) is 50.3 Å². The highest BCUT2D eigenvalue weighted by Gasteiger charge is 2.22. The van der Waals surface area contributed by atoms with Crippen LogP contribution in [0.25, 0.3) is 0 Å². The number of hydrogen-bond acceptors (Lipinski definition) is 2. The first-order valence-corrected chi connectivity index (χ1v) is 8.10. The first-order chi connectivity index (χ1) is 10.4. The number of fused-ring (bicyclic) bond motifs is 1. The Balaban J connectivity index is 1.59. The summed E-state index contributed by atoms with van der Waals surface area (Å²) in [4.78, 5) is 4.68. The minimum atomic E-state index is 0.500. The third-order valence-electron chi connectivity index (χ3n) is 4.15. The summed E-state index contributed by atoms with van der Waals surface area (Å²) in [5.74, 6) is 3.31. The predicted octanol–water partition coefficient (Wildman–Crippen LogP) is 2.52. The average molecular weight is 287 g/mol. The van der Waals surface area contributed by atoms with E-state index < -0.39 is 0 Å². The number of para-hydroxylation sites is 1. The van der Waals surface area contributed by atoms with E-state index in [0.29, 0.717) is 5.92 Å². The van der Waals surface area contributed by atoms with Crippen molar-refractivity contribution in [1.29, 1.82) is 0 Å². The Labute approximate surface area is 127 Å². The largest absolute Gasteiger partial charge is 0.493 e. The lowest BCUT2D eigenvalue weighted by Gasteiger charge is -2.26. The van der Waals surface area contributed by atoms with Crippen LogP contribution in [0.2, 0.25) is 0 Å². The van der Waals surface area contributed by atoms with Crippen LogP contribution in [0.1, 0.15) is 37.7 Å². The highest BCUT2D eigenvalue weighted by Crippen LogP contribution is 2.32. The summed E-state index contributed by atoms with van der Waals surface area (Å²) in [6.07, 6.45) is 3.75. The summed E-state index contributed by atoms with van der Waals surface area (Å²) < 4.78 is 5.72. The number of benzene rings is 1. The molecule has 1 aliphatic heterocycles. The maximum absolute atomic E-state index is 5.72. The molecule has 0 spiro atoms. The molecule has 1 atom stereocenters. The molecule has 0 radical (unpaired) electrons. The Bertz CT molecular complexity index is 497. The first kappa shape index (κ1) is 14.2.